The Balaban J connectivity index is 0.00000182. The van der Waals surface area contributed by atoms with Gasteiger partial charge in [0.1, 0.15) is 0 Å². The molecule has 0 radical (unpaired) electrons. The van der Waals surface area contributed by atoms with Crippen molar-refractivity contribution in [1.29, 1.82) is 0 Å². The van der Waals surface area contributed by atoms with Crippen molar-refractivity contribution in [3.63, 3.8) is 0 Å². The van der Waals surface area contributed by atoms with Gasteiger partial charge in [-0.05, 0) is 16.7 Å². The molecule has 1 aliphatic rings. The van der Waals surface area contributed by atoms with Crippen molar-refractivity contribution in [1.82, 2.24) is 5.32 Å². The average molecular weight is 368 g/mol. The Hall–Kier alpha value is -1.74. The van der Waals surface area contributed by atoms with Crippen LogP contribution in [0.3, 0.4) is 0 Å². The van der Waals surface area contributed by atoms with Gasteiger partial charge in [0.15, 0.2) is 0 Å². The van der Waals surface area contributed by atoms with Crippen molar-refractivity contribution < 1.29 is 0 Å². The van der Waals surface area contributed by atoms with Gasteiger partial charge >= 0.3 is 0 Å². The maximum atomic E-state index is 3.42. The van der Waals surface area contributed by atoms with Crippen molar-refractivity contribution in [2.45, 2.75) is 10.00 Å². The third-order valence-electron chi connectivity index (χ3n) is 4.63. The molecule has 3 aromatic carbocycles. The average Bonchev–Trinajstić information content (AvgIpc) is 2.64. The van der Waals surface area contributed by atoms with E-state index in [0.717, 1.165) is 13.1 Å². The largest absolute Gasteiger partial charge is 0.314 e. The first-order valence-corrected chi connectivity index (χ1v) is 9.33. The van der Waals surface area contributed by atoms with Gasteiger partial charge in [0.05, 0.1) is 4.75 Å². The Bertz CT molecular complexity index is 676. The lowest BCUT2D eigenvalue weighted by molar-refractivity contribution is 0.540. The Morgan fingerprint density at radius 2 is 1.00 bits per heavy atom. The molecule has 0 aliphatic carbocycles. The molecule has 1 nitrogen and oxygen atoms in total. The second kappa shape index (κ2) is 8.09. The normalized spacial score (nSPS) is 14.4. The molecule has 1 aliphatic heterocycles. The first-order valence-electron chi connectivity index (χ1n) is 8.45. The number of hydrogen-bond acceptors (Lipinski definition) is 2. The fourth-order valence-electron chi connectivity index (χ4n) is 3.32. The third kappa shape index (κ3) is 3.48. The van der Waals surface area contributed by atoms with Gasteiger partial charge in [-0.2, -0.15) is 0 Å². The second-order valence-corrected chi connectivity index (χ2v) is 7.69. The van der Waals surface area contributed by atoms with Crippen LogP contribution in [0.15, 0.2) is 91.0 Å². The molecular weight excluding hydrogens is 346 g/mol. The molecule has 0 bridgehead atoms. The van der Waals surface area contributed by atoms with Crippen LogP contribution in [0.5, 0.6) is 0 Å². The van der Waals surface area contributed by atoms with E-state index < -0.39 is 0 Å². The number of rotatable bonds is 5. The van der Waals surface area contributed by atoms with Crippen LogP contribution < -0.4 is 5.32 Å². The summed E-state index contributed by atoms with van der Waals surface area (Å²) in [4.78, 5) is 0. The van der Waals surface area contributed by atoms with Gasteiger partial charge in [-0.15, -0.1) is 24.2 Å². The lowest BCUT2D eigenvalue weighted by Gasteiger charge is -2.41. The number of nitrogens with one attached hydrogen (secondary N) is 1. The quantitative estimate of drug-likeness (QED) is 0.629. The molecule has 0 aromatic heterocycles. The van der Waals surface area contributed by atoms with Gasteiger partial charge in [0.2, 0.25) is 0 Å². The SMILES string of the molecule is Cl.c1ccc(C(SC2CNC2)(c2ccccc2)c2ccccc2)cc1. The van der Waals surface area contributed by atoms with Gasteiger partial charge in [-0.3, -0.25) is 0 Å². The molecule has 128 valence electrons. The number of halogens is 1. The minimum Gasteiger partial charge on any atom is -0.314 e. The Kier molecular flexibility index (Phi) is 5.85. The molecule has 4 rings (SSSR count). The predicted octanol–water partition coefficient (Wildman–Crippen LogP) is 5.11. The zero-order chi connectivity index (χ0) is 16.2. The number of thioether (sulfide) groups is 1. The van der Waals surface area contributed by atoms with Crippen molar-refractivity contribution in [2.75, 3.05) is 13.1 Å². The first kappa shape index (κ1) is 18.1. The van der Waals surface area contributed by atoms with Crippen LogP contribution in [0.4, 0.5) is 0 Å². The molecule has 1 fully saturated rings. The summed E-state index contributed by atoms with van der Waals surface area (Å²) in [6, 6.07) is 32.8. The lowest BCUT2D eigenvalue weighted by atomic mass is 9.84. The topological polar surface area (TPSA) is 12.0 Å². The molecule has 0 unspecified atom stereocenters. The molecule has 1 N–H and O–H groups in total. The highest BCUT2D eigenvalue weighted by Gasteiger charge is 2.40. The molecule has 0 spiro atoms. The molecular formula is C22H22ClNS. The first-order chi connectivity index (χ1) is 11.9. The smallest absolute Gasteiger partial charge is 0.0910 e. The summed E-state index contributed by atoms with van der Waals surface area (Å²) in [5, 5.41) is 4.05. The summed E-state index contributed by atoms with van der Waals surface area (Å²) in [5.41, 5.74) is 4.04. The van der Waals surface area contributed by atoms with E-state index in [1.54, 1.807) is 0 Å². The Labute approximate surface area is 160 Å². The van der Waals surface area contributed by atoms with Crippen molar-refractivity contribution in [3.05, 3.63) is 108 Å². The van der Waals surface area contributed by atoms with E-state index in [4.69, 9.17) is 0 Å². The zero-order valence-electron chi connectivity index (χ0n) is 14.0. The molecule has 0 saturated carbocycles. The summed E-state index contributed by atoms with van der Waals surface area (Å²) in [7, 11) is 0. The van der Waals surface area contributed by atoms with Gasteiger partial charge < -0.3 is 5.32 Å². The summed E-state index contributed by atoms with van der Waals surface area (Å²) >= 11 is 2.08. The van der Waals surface area contributed by atoms with Gasteiger partial charge in [0.25, 0.3) is 0 Å². The molecule has 1 saturated heterocycles. The molecule has 1 heterocycles. The number of hydrogen-bond donors (Lipinski definition) is 1. The highest BCUT2D eigenvalue weighted by atomic mass is 35.5. The fourth-order valence-corrected chi connectivity index (χ4v) is 5.04. The van der Waals surface area contributed by atoms with E-state index >= 15 is 0 Å². The van der Waals surface area contributed by atoms with Crippen molar-refractivity contribution in [3.8, 4) is 0 Å². The molecule has 3 aromatic rings. The third-order valence-corrected chi connectivity index (χ3v) is 6.36. The van der Waals surface area contributed by atoms with Crippen molar-refractivity contribution in [2.24, 2.45) is 0 Å². The van der Waals surface area contributed by atoms with E-state index in [2.05, 4.69) is 108 Å². The monoisotopic (exact) mass is 367 g/mol. The predicted molar refractivity (Wildman–Crippen MR) is 111 cm³/mol. The van der Waals surface area contributed by atoms with Gasteiger partial charge in [-0.1, -0.05) is 91.0 Å². The minimum absolute atomic E-state index is 0. The number of benzene rings is 3. The van der Waals surface area contributed by atoms with Gasteiger partial charge in [-0.25, -0.2) is 0 Å². The highest BCUT2D eigenvalue weighted by molar-refractivity contribution is 8.01. The maximum Gasteiger partial charge on any atom is 0.0910 e. The molecule has 0 atom stereocenters. The minimum atomic E-state index is -0.170. The maximum absolute atomic E-state index is 3.42. The summed E-state index contributed by atoms with van der Waals surface area (Å²) < 4.78 is -0.170. The molecule has 0 amide bonds. The molecule has 3 heteroatoms. The standard InChI is InChI=1S/C22H21NS.ClH/c1-4-10-18(11-5-1)22(24-21-16-23-17-21,19-12-6-2-7-13-19)20-14-8-3-9-15-20;/h1-15,21,23H,16-17H2;1H. The lowest BCUT2D eigenvalue weighted by Crippen LogP contribution is -2.47. The van der Waals surface area contributed by atoms with Crippen LogP contribution in [-0.4, -0.2) is 18.3 Å². The van der Waals surface area contributed by atoms with Crippen LogP contribution in [0.2, 0.25) is 0 Å². The zero-order valence-corrected chi connectivity index (χ0v) is 15.6. The van der Waals surface area contributed by atoms with Crippen molar-refractivity contribution >= 4 is 24.2 Å². The fraction of sp³-hybridized carbons (Fsp3) is 0.182. The molecule has 25 heavy (non-hydrogen) atoms. The van der Waals surface area contributed by atoms with Gasteiger partial charge in [0, 0.05) is 18.3 Å². The second-order valence-electron chi connectivity index (χ2n) is 6.18. The highest BCUT2D eigenvalue weighted by Crippen LogP contribution is 2.50. The summed E-state index contributed by atoms with van der Waals surface area (Å²) in [6.07, 6.45) is 0. The van der Waals surface area contributed by atoms with E-state index in [1.165, 1.54) is 16.7 Å². The van der Waals surface area contributed by atoms with Crippen LogP contribution in [-0.2, 0) is 4.75 Å². The van der Waals surface area contributed by atoms with E-state index in [0.29, 0.717) is 5.25 Å². The van der Waals surface area contributed by atoms with E-state index in [1.807, 2.05) is 0 Å². The van der Waals surface area contributed by atoms with E-state index in [-0.39, 0.29) is 17.2 Å². The van der Waals surface area contributed by atoms with Crippen LogP contribution in [0, 0.1) is 0 Å². The summed E-state index contributed by atoms with van der Waals surface area (Å²) in [6.45, 7) is 2.16. The van der Waals surface area contributed by atoms with Crippen LogP contribution in [0.25, 0.3) is 0 Å². The summed E-state index contributed by atoms with van der Waals surface area (Å²) in [5.74, 6) is 0. The van der Waals surface area contributed by atoms with E-state index in [9.17, 15) is 0 Å². The van der Waals surface area contributed by atoms with Crippen LogP contribution >= 0.6 is 24.2 Å². The Morgan fingerprint density at radius 3 is 1.28 bits per heavy atom. The van der Waals surface area contributed by atoms with Crippen LogP contribution in [0.1, 0.15) is 16.7 Å². The Morgan fingerprint density at radius 1 is 0.640 bits per heavy atom.